The van der Waals surface area contributed by atoms with Gasteiger partial charge in [0, 0.05) is 6.04 Å². The van der Waals surface area contributed by atoms with Crippen LogP contribution in [0, 0.1) is 0 Å². The minimum absolute atomic E-state index is 0.201. The second-order valence-corrected chi connectivity index (χ2v) is 5.91. The molecule has 0 bridgehead atoms. The fourth-order valence-electron chi connectivity index (χ4n) is 1.96. The number of rotatable bonds is 5. The maximum absolute atomic E-state index is 6.05. The van der Waals surface area contributed by atoms with E-state index in [2.05, 4.69) is 5.32 Å². The van der Waals surface area contributed by atoms with Crippen molar-refractivity contribution < 1.29 is 4.74 Å². The van der Waals surface area contributed by atoms with E-state index < -0.39 is 0 Å². The molecule has 1 aromatic heterocycles. The first-order chi connectivity index (χ1) is 9.15. The Kier molecular flexibility index (Phi) is 5.11. The van der Waals surface area contributed by atoms with Crippen LogP contribution in [0.4, 0.5) is 0 Å². The molecule has 1 atom stereocenters. The molecule has 0 aliphatic rings. The van der Waals surface area contributed by atoms with Crippen LogP contribution in [0.2, 0.25) is 10.0 Å². The van der Waals surface area contributed by atoms with Gasteiger partial charge in [0.25, 0.3) is 0 Å². The highest BCUT2D eigenvalue weighted by Crippen LogP contribution is 2.33. The third kappa shape index (κ3) is 3.42. The van der Waals surface area contributed by atoms with Crippen LogP contribution in [0.25, 0.3) is 0 Å². The summed E-state index contributed by atoms with van der Waals surface area (Å²) in [4.78, 5) is 1.19. The van der Waals surface area contributed by atoms with Gasteiger partial charge >= 0.3 is 0 Å². The third-order valence-electron chi connectivity index (χ3n) is 2.97. The molecule has 5 heteroatoms. The third-order valence-corrected chi connectivity index (χ3v) is 4.72. The Morgan fingerprint density at radius 2 is 2.05 bits per heavy atom. The summed E-state index contributed by atoms with van der Waals surface area (Å²) in [5.41, 5.74) is 1.14. The fourth-order valence-corrected chi connectivity index (χ4v) is 3.25. The first kappa shape index (κ1) is 14.7. The van der Waals surface area contributed by atoms with Gasteiger partial charge < -0.3 is 10.1 Å². The van der Waals surface area contributed by atoms with Gasteiger partial charge in [-0.2, -0.15) is 0 Å². The minimum atomic E-state index is 0.201. The van der Waals surface area contributed by atoms with Gasteiger partial charge in [-0.25, -0.2) is 0 Å². The Morgan fingerprint density at radius 3 is 2.68 bits per heavy atom. The summed E-state index contributed by atoms with van der Waals surface area (Å²) in [6, 6.07) is 7.93. The Balaban J connectivity index is 2.21. The smallest absolute Gasteiger partial charge is 0.134 e. The molecule has 0 amide bonds. The number of methoxy groups -OCH3 is 1. The topological polar surface area (TPSA) is 21.3 Å². The van der Waals surface area contributed by atoms with E-state index in [4.69, 9.17) is 27.9 Å². The molecule has 0 fully saturated rings. The summed E-state index contributed by atoms with van der Waals surface area (Å²) < 4.78 is 5.37. The van der Waals surface area contributed by atoms with E-state index in [-0.39, 0.29) is 6.04 Å². The Morgan fingerprint density at radius 1 is 1.26 bits per heavy atom. The van der Waals surface area contributed by atoms with E-state index >= 15 is 0 Å². The predicted octanol–water partition coefficient (Wildman–Crippen LogP) is 4.57. The molecule has 102 valence electrons. The van der Waals surface area contributed by atoms with E-state index in [1.54, 1.807) is 18.4 Å². The molecule has 1 unspecified atom stereocenters. The van der Waals surface area contributed by atoms with Crippen molar-refractivity contribution in [1.82, 2.24) is 5.32 Å². The highest BCUT2D eigenvalue weighted by molar-refractivity contribution is 7.10. The maximum Gasteiger partial charge on any atom is 0.134 e. The van der Waals surface area contributed by atoms with Crippen molar-refractivity contribution in [3.63, 3.8) is 0 Å². The summed E-state index contributed by atoms with van der Waals surface area (Å²) >= 11 is 13.7. The van der Waals surface area contributed by atoms with Gasteiger partial charge in [0.2, 0.25) is 0 Å². The van der Waals surface area contributed by atoms with Gasteiger partial charge in [-0.3, -0.25) is 0 Å². The van der Waals surface area contributed by atoms with E-state index in [9.17, 15) is 0 Å². The monoisotopic (exact) mass is 315 g/mol. The Bertz CT molecular complexity index is 556. The molecule has 0 spiro atoms. The lowest BCUT2D eigenvalue weighted by molar-refractivity contribution is 0.405. The SMILES string of the molecule is CNC(Cc1ccc(Cl)c(Cl)c1)c1sccc1OC. The predicted molar refractivity (Wildman–Crippen MR) is 82.8 cm³/mol. The second kappa shape index (κ2) is 6.62. The van der Waals surface area contributed by atoms with Crippen LogP contribution < -0.4 is 10.1 Å². The molecule has 0 radical (unpaired) electrons. The average Bonchev–Trinajstić information content (AvgIpc) is 2.88. The molecule has 2 rings (SSSR count). The maximum atomic E-state index is 6.05. The van der Waals surface area contributed by atoms with E-state index in [0.29, 0.717) is 10.0 Å². The van der Waals surface area contributed by atoms with E-state index in [0.717, 1.165) is 17.7 Å². The summed E-state index contributed by atoms with van der Waals surface area (Å²) in [6.45, 7) is 0. The number of nitrogens with one attached hydrogen (secondary N) is 1. The first-order valence-corrected chi connectivity index (χ1v) is 7.51. The van der Waals surface area contributed by atoms with Crippen molar-refractivity contribution in [2.75, 3.05) is 14.2 Å². The number of hydrogen-bond acceptors (Lipinski definition) is 3. The normalized spacial score (nSPS) is 12.4. The lowest BCUT2D eigenvalue weighted by atomic mass is 10.0. The average molecular weight is 316 g/mol. The lowest BCUT2D eigenvalue weighted by Crippen LogP contribution is -2.18. The van der Waals surface area contributed by atoms with E-state index in [1.807, 2.05) is 36.7 Å². The van der Waals surface area contributed by atoms with Crippen LogP contribution in [0.15, 0.2) is 29.6 Å². The molecule has 1 aromatic carbocycles. The zero-order valence-corrected chi connectivity index (χ0v) is 13.1. The number of benzene rings is 1. The van der Waals surface area contributed by atoms with Gasteiger partial charge in [-0.15, -0.1) is 11.3 Å². The number of halogens is 2. The molecule has 0 aliphatic heterocycles. The van der Waals surface area contributed by atoms with Crippen LogP contribution in [-0.2, 0) is 6.42 Å². The molecule has 0 aliphatic carbocycles. The molecule has 2 nitrogen and oxygen atoms in total. The summed E-state index contributed by atoms with van der Waals surface area (Å²) in [6.07, 6.45) is 0.838. The fraction of sp³-hybridized carbons (Fsp3) is 0.286. The van der Waals surface area contributed by atoms with Crippen LogP contribution in [-0.4, -0.2) is 14.2 Å². The standard InChI is InChI=1S/C14H15Cl2NOS/c1-17-12(14-13(18-2)5-6-19-14)8-9-3-4-10(15)11(16)7-9/h3-7,12,17H,8H2,1-2H3. The van der Waals surface area contributed by atoms with Crippen molar-refractivity contribution in [3.8, 4) is 5.75 Å². The van der Waals surface area contributed by atoms with Crippen molar-refractivity contribution in [2.45, 2.75) is 12.5 Å². The number of likely N-dealkylation sites (N-methyl/N-ethyl adjacent to an activating group) is 1. The van der Waals surface area contributed by atoms with Crippen molar-refractivity contribution >= 4 is 34.5 Å². The second-order valence-electron chi connectivity index (χ2n) is 4.15. The molecule has 19 heavy (non-hydrogen) atoms. The molecule has 0 saturated heterocycles. The first-order valence-electron chi connectivity index (χ1n) is 5.88. The van der Waals surface area contributed by atoms with Crippen LogP contribution >= 0.6 is 34.5 Å². The molecular formula is C14H15Cl2NOS. The van der Waals surface area contributed by atoms with Crippen LogP contribution in [0.1, 0.15) is 16.5 Å². The van der Waals surface area contributed by atoms with E-state index in [1.165, 1.54) is 4.88 Å². The van der Waals surface area contributed by atoms with Gasteiger partial charge in [-0.1, -0.05) is 29.3 Å². The molecule has 1 heterocycles. The lowest BCUT2D eigenvalue weighted by Gasteiger charge is -2.16. The summed E-state index contributed by atoms with van der Waals surface area (Å²) in [5, 5.41) is 6.52. The zero-order valence-electron chi connectivity index (χ0n) is 10.7. The zero-order chi connectivity index (χ0) is 13.8. The molecule has 1 N–H and O–H groups in total. The van der Waals surface area contributed by atoms with Gasteiger partial charge in [0.1, 0.15) is 5.75 Å². The Hall–Kier alpha value is -0.740. The number of thiophene rings is 1. The summed E-state index contributed by atoms with van der Waals surface area (Å²) in [7, 11) is 3.64. The highest BCUT2D eigenvalue weighted by atomic mass is 35.5. The number of hydrogen-bond donors (Lipinski definition) is 1. The van der Waals surface area contributed by atoms with Gasteiger partial charge in [0.15, 0.2) is 0 Å². The highest BCUT2D eigenvalue weighted by Gasteiger charge is 2.16. The largest absolute Gasteiger partial charge is 0.496 e. The molecule has 0 saturated carbocycles. The van der Waals surface area contributed by atoms with Crippen molar-refractivity contribution in [2.24, 2.45) is 0 Å². The Labute approximate surface area is 127 Å². The number of ether oxygens (including phenoxy) is 1. The van der Waals surface area contributed by atoms with Gasteiger partial charge in [0.05, 0.1) is 22.0 Å². The molecule has 2 aromatic rings. The van der Waals surface area contributed by atoms with Crippen LogP contribution in [0.5, 0.6) is 5.75 Å². The van der Waals surface area contributed by atoms with Crippen molar-refractivity contribution in [1.29, 1.82) is 0 Å². The minimum Gasteiger partial charge on any atom is -0.496 e. The van der Waals surface area contributed by atoms with Crippen molar-refractivity contribution in [3.05, 3.63) is 50.1 Å². The molecular weight excluding hydrogens is 301 g/mol. The quantitative estimate of drug-likeness (QED) is 0.872. The summed E-state index contributed by atoms with van der Waals surface area (Å²) in [5.74, 6) is 0.921. The van der Waals surface area contributed by atoms with Gasteiger partial charge in [-0.05, 0) is 42.6 Å². The van der Waals surface area contributed by atoms with Crippen LogP contribution in [0.3, 0.4) is 0 Å².